The molecule has 1 aromatic rings. The highest BCUT2D eigenvalue weighted by Crippen LogP contribution is 2.28. The molecular weight excluding hydrogens is 319 g/mol. The molecule has 0 unspecified atom stereocenters. The minimum absolute atomic E-state index is 0.222. The largest absolute Gasteiger partial charge is 0.369 e. The van der Waals surface area contributed by atoms with Crippen LogP contribution in [-0.2, 0) is 10.0 Å². The van der Waals surface area contributed by atoms with Crippen molar-refractivity contribution in [1.29, 1.82) is 0 Å². The van der Waals surface area contributed by atoms with Gasteiger partial charge < -0.3 is 4.90 Å². The Morgan fingerprint density at radius 2 is 1.75 bits per heavy atom. The smallest absolute Gasteiger partial charge is 0.214 e. The number of halogens is 2. The maximum absolute atomic E-state index is 12.0. The van der Waals surface area contributed by atoms with E-state index < -0.39 is 10.0 Å². The van der Waals surface area contributed by atoms with E-state index in [0.717, 1.165) is 5.69 Å². The molecule has 1 aromatic carbocycles. The second kappa shape index (κ2) is 6.52. The van der Waals surface area contributed by atoms with Crippen LogP contribution in [0.15, 0.2) is 18.2 Å². The zero-order valence-corrected chi connectivity index (χ0v) is 13.7. The van der Waals surface area contributed by atoms with Crippen LogP contribution in [0, 0.1) is 0 Å². The van der Waals surface area contributed by atoms with E-state index in [1.165, 1.54) is 0 Å². The average molecular weight is 337 g/mol. The van der Waals surface area contributed by atoms with Crippen LogP contribution < -0.4 is 4.90 Å². The normalized spacial score (nSPS) is 17.4. The third-order valence-electron chi connectivity index (χ3n) is 3.36. The summed E-state index contributed by atoms with van der Waals surface area (Å²) in [7, 11) is -3.09. The number of hydrogen-bond donors (Lipinski definition) is 0. The molecular formula is C13H18Cl2N2O2S. The molecule has 1 aliphatic heterocycles. The Kier molecular flexibility index (Phi) is 5.18. The van der Waals surface area contributed by atoms with Gasteiger partial charge in [-0.25, -0.2) is 8.42 Å². The molecule has 1 fully saturated rings. The molecule has 0 radical (unpaired) electrons. The molecule has 0 bridgehead atoms. The van der Waals surface area contributed by atoms with E-state index in [2.05, 4.69) is 4.90 Å². The van der Waals surface area contributed by atoms with E-state index in [-0.39, 0.29) is 5.75 Å². The van der Waals surface area contributed by atoms with Crippen LogP contribution in [0.5, 0.6) is 0 Å². The number of nitrogens with zero attached hydrogens (tertiary/aromatic N) is 2. The Labute approximate surface area is 130 Å². The summed E-state index contributed by atoms with van der Waals surface area (Å²) in [4.78, 5) is 2.13. The second-order valence-corrected chi connectivity index (χ2v) is 7.70. The van der Waals surface area contributed by atoms with E-state index in [9.17, 15) is 8.42 Å². The fourth-order valence-electron chi connectivity index (χ4n) is 2.29. The molecule has 2 rings (SSSR count). The van der Waals surface area contributed by atoms with Crippen molar-refractivity contribution in [3.05, 3.63) is 28.2 Å². The van der Waals surface area contributed by atoms with Gasteiger partial charge in [-0.3, -0.25) is 0 Å². The number of sulfonamides is 1. The van der Waals surface area contributed by atoms with Gasteiger partial charge in [0.15, 0.2) is 0 Å². The molecule has 112 valence electrons. The Balaban J connectivity index is 2.02. The van der Waals surface area contributed by atoms with Gasteiger partial charge in [0.1, 0.15) is 0 Å². The lowest BCUT2D eigenvalue weighted by molar-refractivity contribution is 0.384. The van der Waals surface area contributed by atoms with Gasteiger partial charge >= 0.3 is 0 Å². The van der Waals surface area contributed by atoms with E-state index in [0.29, 0.717) is 42.6 Å². The van der Waals surface area contributed by atoms with E-state index in [4.69, 9.17) is 23.2 Å². The number of benzene rings is 1. The lowest BCUT2D eigenvalue weighted by atomic mass is 10.2. The number of hydrogen-bond acceptors (Lipinski definition) is 3. The lowest BCUT2D eigenvalue weighted by Gasteiger charge is -2.35. The maximum Gasteiger partial charge on any atom is 0.214 e. The minimum atomic E-state index is -3.09. The second-order valence-electron chi connectivity index (χ2n) is 4.80. The summed E-state index contributed by atoms with van der Waals surface area (Å²) in [5, 5.41) is 1.05. The van der Waals surface area contributed by atoms with Crippen molar-refractivity contribution in [3.63, 3.8) is 0 Å². The van der Waals surface area contributed by atoms with Crippen LogP contribution in [0.1, 0.15) is 13.3 Å². The monoisotopic (exact) mass is 336 g/mol. The maximum atomic E-state index is 12.0. The van der Waals surface area contributed by atoms with Crippen LogP contribution >= 0.6 is 23.2 Å². The van der Waals surface area contributed by atoms with Crippen LogP contribution in [0.2, 0.25) is 10.0 Å². The topological polar surface area (TPSA) is 40.6 Å². The molecule has 0 saturated carbocycles. The van der Waals surface area contributed by atoms with Crippen molar-refractivity contribution in [2.45, 2.75) is 13.3 Å². The number of anilines is 1. The van der Waals surface area contributed by atoms with Gasteiger partial charge in [0.2, 0.25) is 10.0 Å². The predicted octanol–water partition coefficient (Wildman–Crippen LogP) is 2.86. The van der Waals surface area contributed by atoms with E-state index in [1.807, 2.05) is 19.1 Å². The molecule has 1 saturated heterocycles. The first-order valence-electron chi connectivity index (χ1n) is 6.62. The third kappa shape index (κ3) is 3.58. The summed E-state index contributed by atoms with van der Waals surface area (Å²) < 4.78 is 25.6. The number of piperazine rings is 1. The SMILES string of the molecule is CCCS(=O)(=O)N1CCN(c2ccc(Cl)c(Cl)c2)CC1. The third-order valence-corrected chi connectivity index (χ3v) is 6.18. The van der Waals surface area contributed by atoms with Gasteiger partial charge in [-0.1, -0.05) is 30.1 Å². The van der Waals surface area contributed by atoms with Gasteiger partial charge in [0.05, 0.1) is 15.8 Å². The Morgan fingerprint density at radius 3 is 2.30 bits per heavy atom. The van der Waals surface area contributed by atoms with Gasteiger partial charge in [-0.15, -0.1) is 0 Å². The minimum Gasteiger partial charge on any atom is -0.369 e. The summed E-state index contributed by atoms with van der Waals surface area (Å²) in [6.45, 7) is 4.25. The molecule has 4 nitrogen and oxygen atoms in total. The summed E-state index contributed by atoms with van der Waals surface area (Å²) in [5.74, 6) is 0.222. The van der Waals surface area contributed by atoms with Crippen LogP contribution in [-0.4, -0.2) is 44.7 Å². The molecule has 1 aliphatic rings. The highest BCUT2D eigenvalue weighted by Gasteiger charge is 2.26. The van der Waals surface area contributed by atoms with Crippen LogP contribution in [0.4, 0.5) is 5.69 Å². The zero-order chi connectivity index (χ0) is 14.8. The summed E-state index contributed by atoms with van der Waals surface area (Å²) >= 11 is 11.9. The number of rotatable bonds is 4. The molecule has 1 heterocycles. The standard InChI is InChI=1S/C13H18Cl2N2O2S/c1-2-9-20(18,19)17-7-5-16(6-8-17)11-3-4-12(14)13(15)10-11/h3-4,10H,2,5-9H2,1H3. The van der Waals surface area contributed by atoms with Crippen LogP contribution in [0.3, 0.4) is 0 Å². The Morgan fingerprint density at radius 1 is 1.10 bits per heavy atom. The highest BCUT2D eigenvalue weighted by atomic mass is 35.5. The molecule has 0 amide bonds. The lowest BCUT2D eigenvalue weighted by Crippen LogP contribution is -2.49. The Hall–Kier alpha value is -0.490. The fourth-order valence-corrected chi connectivity index (χ4v) is 4.08. The molecule has 7 heteroatoms. The molecule has 0 aromatic heterocycles. The first kappa shape index (κ1) is 15.9. The predicted molar refractivity (Wildman–Crippen MR) is 84.3 cm³/mol. The molecule has 0 spiro atoms. The van der Waals surface area contributed by atoms with Crippen molar-refractivity contribution < 1.29 is 8.42 Å². The van der Waals surface area contributed by atoms with Crippen molar-refractivity contribution in [3.8, 4) is 0 Å². The zero-order valence-electron chi connectivity index (χ0n) is 11.3. The molecule has 0 atom stereocenters. The van der Waals surface area contributed by atoms with E-state index in [1.54, 1.807) is 10.4 Å². The van der Waals surface area contributed by atoms with E-state index >= 15 is 0 Å². The van der Waals surface area contributed by atoms with Crippen molar-refractivity contribution >= 4 is 38.9 Å². The molecule has 0 N–H and O–H groups in total. The van der Waals surface area contributed by atoms with Crippen molar-refractivity contribution in [2.75, 3.05) is 36.8 Å². The quantitative estimate of drug-likeness (QED) is 0.848. The van der Waals surface area contributed by atoms with Crippen molar-refractivity contribution in [1.82, 2.24) is 4.31 Å². The van der Waals surface area contributed by atoms with Crippen LogP contribution in [0.25, 0.3) is 0 Å². The molecule has 0 aliphatic carbocycles. The first-order valence-corrected chi connectivity index (χ1v) is 8.98. The van der Waals surface area contributed by atoms with Gasteiger partial charge in [0, 0.05) is 31.9 Å². The Bertz CT molecular complexity index is 570. The van der Waals surface area contributed by atoms with Gasteiger partial charge in [0.25, 0.3) is 0 Å². The fraction of sp³-hybridized carbons (Fsp3) is 0.538. The van der Waals surface area contributed by atoms with Gasteiger partial charge in [-0.05, 0) is 24.6 Å². The summed E-state index contributed by atoms with van der Waals surface area (Å²) in [5.41, 5.74) is 0.979. The molecule has 20 heavy (non-hydrogen) atoms. The highest BCUT2D eigenvalue weighted by molar-refractivity contribution is 7.89. The van der Waals surface area contributed by atoms with Gasteiger partial charge in [-0.2, -0.15) is 4.31 Å². The summed E-state index contributed by atoms with van der Waals surface area (Å²) in [6, 6.07) is 5.49. The average Bonchev–Trinajstić information content (AvgIpc) is 2.42. The first-order chi connectivity index (χ1) is 9.44. The van der Waals surface area contributed by atoms with Crippen molar-refractivity contribution in [2.24, 2.45) is 0 Å². The summed E-state index contributed by atoms with van der Waals surface area (Å²) in [6.07, 6.45) is 0.648.